The monoisotopic (exact) mass is 156 g/mol. The maximum atomic E-state index is 11.0. The Balaban J connectivity index is 4.39. The lowest BCUT2D eigenvalue weighted by Gasteiger charge is -2.11. The van der Waals surface area contributed by atoms with E-state index in [2.05, 4.69) is 0 Å². The third kappa shape index (κ3) is 3.78. The largest absolute Gasteiger partial charge is 0.402 e. The maximum absolute atomic E-state index is 11.0. The van der Waals surface area contributed by atoms with E-state index in [9.17, 15) is 4.79 Å². The third-order valence-corrected chi connectivity index (χ3v) is 1.38. The van der Waals surface area contributed by atoms with Gasteiger partial charge in [0, 0.05) is 17.8 Å². The van der Waals surface area contributed by atoms with Gasteiger partial charge in [-0.2, -0.15) is 0 Å². The number of Topliss-reactive ketones (excluding diaryl/α,β-unsaturated/α-hetero) is 1. The van der Waals surface area contributed by atoms with Gasteiger partial charge in [0.2, 0.25) is 0 Å². The zero-order valence-corrected chi connectivity index (χ0v) is 7.64. The Kier molecular flexibility index (Phi) is 3.82. The van der Waals surface area contributed by atoms with Crippen LogP contribution in [-0.2, 0) is 4.79 Å². The van der Waals surface area contributed by atoms with Gasteiger partial charge in [-0.25, -0.2) is 0 Å². The van der Waals surface area contributed by atoms with Crippen LogP contribution >= 0.6 is 0 Å². The Morgan fingerprint density at radius 3 is 1.91 bits per heavy atom. The van der Waals surface area contributed by atoms with Gasteiger partial charge in [0.25, 0.3) is 0 Å². The van der Waals surface area contributed by atoms with E-state index in [0.29, 0.717) is 17.8 Å². The number of ketones is 1. The van der Waals surface area contributed by atoms with Crippen LogP contribution in [0.2, 0.25) is 0 Å². The Labute approximate surface area is 67.9 Å². The topological polar surface area (TPSA) is 46.3 Å². The van der Waals surface area contributed by atoms with Crippen LogP contribution in [0.4, 0.5) is 0 Å². The van der Waals surface area contributed by atoms with Gasteiger partial charge in [0.05, 0.1) is 0 Å². The second-order valence-corrected chi connectivity index (χ2v) is 2.96. The summed E-state index contributed by atoms with van der Waals surface area (Å²) in [5, 5.41) is 0. The molecule has 0 aromatic heterocycles. The van der Waals surface area contributed by atoms with Crippen molar-refractivity contribution in [2.45, 2.75) is 13.8 Å². The van der Waals surface area contributed by atoms with Crippen LogP contribution in [0.1, 0.15) is 13.8 Å². The summed E-state index contributed by atoms with van der Waals surface area (Å²) in [6.45, 7) is 3.91. The molecule has 0 aliphatic heterocycles. The molecule has 0 aliphatic rings. The fourth-order valence-corrected chi connectivity index (χ4v) is 0.830. The number of nitrogens with two attached hydrogens (primary N) is 1. The summed E-state index contributed by atoms with van der Waals surface area (Å²) in [7, 11) is 3.82. The number of carbonyl (C=O) groups excluding carboxylic acids is 1. The molecule has 0 saturated carbocycles. The predicted octanol–water partition coefficient (Wildman–Crippen LogP) is 0.370. The molecule has 0 bridgehead atoms. The molecule has 0 rings (SSSR count). The molecule has 0 spiro atoms. The van der Waals surface area contributed by atoms with E-state index in [1.807, 2.05) is 19.0 Å². The summed E-state index contributed by atoms with van der Waals surface area (Å²) in [4.78, 5) is 12.9. The molecule has 0 aromatic rings. The Hall–Kier alpha value is -0.830. The molecule has 0 aliphatic carbocycles. The minimum Gasteiger partial charge on any atom is -0.402 e. The molecule has 0 atom stereocenters. The average Bonchev–Trinajstić information content (AvgIpc) is 1.81. The normalized spacial score (nSPS) is 13.2. The molecule has 3 heteroatoms. The lowest BCUT2D eigenvalue weighted by molar-refractivity contribution is -0.113. The lowest BCUT2D eigenvalue weighted by Crippen LogP contribution is -2.21. The van der Waals surface area contributed by atoms with Crippen LogP contribution in [0.3, 0.4) is 0 Å². The van der Waals surface area contributed by atoms with Gasteiger partial charge < -0.3 is 10.6 Å². The maximum Gasteiger partial charge on any atom is 0.158 e. The first-order chi connectivity index (χ1) is 4.95. The number of hydrogen-bond donors (Lipinski definition) is 1. The highest BCUT2D eigenvalue weighted by atomic mass is 16.1. The minimum atomic E-state index is 0.0544. The molecule has 0 saturated heterocycles. The van der Waals surface area contributed by atoms with Crippen LogP contribution in [-0.4, -0.2) is 31.3 Å². The number of allylic oxidation sites excluding steroid dienone is 1. The van der Waals surface area contributed by atoms with Gasteiger partial charge in [0.15, 0.2) is 5.78 Å². The van der Waals surface area contributed by atoms with Crippen molar-refractivity contribution >= 4 is 5.78 Å². The number of nitrogens with zero attached hydrogens (tertiary/aromatic N) is 1. The Morgan fingerprint density at radius 1 is 1.36 bits per heavy atom. The SMILES string of the molecule is CC(=O)C(CN(C)C)=C(C)N. The van der Waals surface area contributed by atoms with E-state index in [1.54, 1.807) is 6.92 Å². The summed E-state index contributed by atoms with van der Waals surface area (Å²) in [5.41, 5.74) is 6.84. The summed E-state index contributed by atoms with van der Waals surface area (Å²) >= 11 is 0. The standard InChI is InChI=1S/C8H16N2O/c1-6(9)8(7(2)11)5-10(3)4/h5,9H2,1-4H3. The van der Waals surface area contributed by atoms with Crippen LogP contribution in [0.25, 0.3) is 0 Å². The molecular formula is C8H16N2O. The number of likely N-dealkylation sites (N-methyl/N-ethyl adjacent to an activating group) is 1. The highest BCUT2D eigenvalue weighted by molar-refractivity contribution is 5.94. The second-order valence-electron chi connectivity index (χ2n) is 2.96. The number of carbonyl (C=O) groups is 1. The Bertz CT molecular complexity index is 179. The molecule has 0 fully saturated rings. The van der Waals surface area contributed by atoms with Crippen molar-refractivity contribution in [1.29, 1.82) is 0 Å². The van der Waals surface area contributed by atoms with Crippen LogP contribution < -0.4 is 5.73 Å². The highest BCUT2D eigenvalue weighted by Gasteiger charge is 2.06. The predicted molar refractivity (Wildman–Crippen MR) is 46.1 cm³/mol. The van der Waals surface area contributed by atoms with Crippen molar-refractivity contribution < 1.29 is 4.79 Å². The first kappa shape index (κ1) is 10.2. The fraction of sp³-hybridized carbons (Fsp3) is 0.625. The second kappa shape index (κ2) is 4.13. The minimum absolute atomic E-state index is 0.0544. The zero-order valence-electron chi connectivity index (χ0n) is 7.64. The van der Waals surface area contributed by atoms with Crippen molar-refractivity contribution in [3.05, 3.63) is 11.3 Å². The highest BCUT2D eigenvalue weighted by Crippen LogP contribution is 2.01. The average molecular weight is 156 g/mol. The van der Waals surface area contributed by atoms with Crippen molar-refractivity contribution in [2.75, 3.05) is 20.6 Å². The van der Waals surface area contributed by atoms with Gasteiger partial charge >= 0.3 is 0 Å². The molecule has 0 radical (unpaired) electrons. The van der Waals surface area contributed by atoms with E-state index in [1.165, 1.54) is 6.92 Å². The third-order valence-electron chi connectivity index (χ3n) is 1.38. The van der Waals surface area contributed by atoms with Crippen LogP contribution in [0, 0.1) is 0 Å². The molecular weight excluding hydrogens is 140 g/mol. The van der Waals surface area contributed by atoms with Gasteiger partial charge in [-0.1, -0.05) is 0 Å². The van der Waals surface area contributed by atoms with Gasteiger partial charge in [0.1, 0.15) is 0 Å². The fourth-order valence-electron chi connectivity index (χ4n) is 0.830. The van der Waals surface area contributed by atoms with Crippen LogP contribution in [0.15, 0.2) is 11.3 Å². The van der Waals surface area contributed by atoms with Crippen molar-refractivity contribution in [3.63, 3.8) is 0 Å². The van der Waals surface area contributed by atoms with Gasteiger partial charge in [-0.3, -0.25) is 4.79 Å². The quantitative estimate of drug-likeness (QED) is 0.600. The molecule has 2 N–H and O–H groups in total. The smallest absolute Gasteiger partial charge is 0.158 e. The van der Waals surface area contributed by atoms with Crippen molar-refractivity contribution in [1.82, 2.24) is 4.90 Å². The lowest BCUT2D eigenvalue weighted by atomic mass is 10.1. The van der Waals surface area contributed by atoms with E-state index >= 15 is 0 Å². The summed E-state index contributed by atoms with van der Waals surface area (Å²) in [6, 6.07) is 0. The van der Waals surface area contributed by atoms with E-state index in [-0.39, 0.29) is 5.78 Å². The first-order valence-corrected chi connectivity index (χ1v) is 3.56. The molecule has 0 unspecified atom stereocenters. The van der Waals surface area contributed by atoms with Crippen molar-refractivity contribution in [2.24, 2.45) is 5.73 Å². The summed E-state index contributed by atoms with van der Waals surface area (Å²) < 4.78 is 0. The van der Waals surface area contributed by atoms with Crippen LogP contribution in [0.5, 0.6) is 0 Å². The van der Waals surface area contributed by atoms with E-state index in [0.717, 1.165) is 0 Å². The summed E-state index contributed by atoms with van der Waals surface area (Å²) in [6.07, 6.45) is 0. The van der Waals surface area contributed by atoms with Gasteiger partial charge in [-0.15, -0.1) is 0 Å². The summed E-state index contributed by atoms with van der Waals surface area (Å²) in [5.74, 6) is 0.0544. The molecule has 64 valence electrons. The molecule has 11 heavy (non-hydrogen) atoms. The van der Waals surface area contributed by atoms with Gasteiger partial charge in [-0.05, 0) is 27.9 Å². The zero-order chi connectivity index (χ0) is 9.02. The Morgan fingerprint density at radius 2 is 1.82 bits per heavy atom. The first-order valence-electron chi connectivity index (χ1n) is 3.56. The van der Waals surface area contributed by atoms with Crippen molar-refractivity contribution in [3.8, 4) is 0 Å². The number of hydrogen-bond acceptors (Lipinski definition) is 3. The molecule has 0 heterocycles. The molecule has 0 aromatic carbocycles. The van der Waals surface area contributed by atoms with E-state index in [4.69, 9.17) is 5.73 Å². The number of rotatable bonds is 3. The molecule has 0 amide bonds. The van der Waals surface area contributed by atoms with E-state index < -0.39 is 0 Å². The molecule has 3 nitrogen and oxygen atoms in total.